The number of nitrogens with one attached hydrogen (secondary N) is 1. The van der Waals surface area contributed by atoms with E-state index in [9.17, 15) is 13.2 Å². The summed E-state index contributed by atoms with van der Waals surface area (Å²) in [4.78, 5) is 11.8. The highest BCUT2D eigenvalue weighted by molar-refractivity contribution is 7.92. The summed E-state index contributed by atoms with van der Waals surface area (Å²) in [6.07, 6.45) is 0.504. The van der Waals surface area contributed by atoms with Crippen LogP contribution in [0.5, 0.6) is 0 Å². The van der Waals surface area contributed by atoms with Gasteiger partial charge in [0, 0.05) is 11.6 Å². The Morgan fingerprint density at radius 1 is 1.37 bits per heavy atom. The minimum absolute atomic E-state index is 0.0215. The molecule has 0 bridgehead atoms. The second-order valence-corrected chi connectivity index (χ2v) is 7.17. The van der Waals surface area contributed by atoms with Crippen molar-refractivity contribution in [1.29, 1.82) is 0 Å². The average Bonchev–Trinajstić information content (AvgIpc) is 2.36. The minimum atomic E-state index is -3.37. The Labute approximate surface area is 119 Å². The van der Waals surface area contributed by atoms with Crippen LogP contribution in [-0.2, 0) is 21.2 Å². The molecule has 0 aliphatic heterocycles. The van der Waals surface area contributed by atoms with Gasteiger partial charge in [-0.1, -0.05) is 36.7 Å². The van der Waals surface area contributed by atoms with E-state index in [0.29, 0.717) is 11.4 Å². The molecule has 0 unspecified atom stereocenters. The van der Waals surface area contributed by atoms with E-state index in [1.807, 2.05) is 6.07 Å². The van der Waals surface area contributed by atoms with Crippen LogP contribution in [0.25, 0.3) is 0 Å². The van der Waals surface area contributed by atoms with E-state index >= 15 is 0 Å². The predicted molar refractivity (Wildman–Crippen MR) is 76.8 cm³/mol. The lowest BCUT2D eigenvalue weighted by molar-refractivity contribution is -0.120. The van der Waals surface area contributed by atoms with Gasteiger partial charge in [-0.25, -0.2) is 8.42 Å². The Kier molecular flexibility index (Phi) is 5.82. The lowest BCUT2D eigenvalue weighted by Gasteiger charge is -2.13. The van der Waals surface area contributed by atoms with Gasteiger partial charge < -0.3 is 5.32 Å². The van der Waals surface area contributed by atoms with Crippen molar-refractivity contribution in [3.8, 4) is 0 Å². The molecule has 4 nitrogen and oxygen atoms in total. The van der Waals surface area contributed by atoms with Crippen molar-refractivity contribution < 1.29 is 13.2 Å². The molecule has 0 heterocycles. The smallest absolute Gasteiger partial charge is 0.238 e. The molecular weight excluding hydrogens is 286 g/mol. The van der Waals surface area contributed by atoms with Crippen molar-refractivity contribution in [2.75, 3.05) is 5.75 Å². The molecule has 19 heavy (non-hydrogen) atoms. The van der Waals surface area contributed by atoms with Gasteiger partial charge >= 0.3 is 0 Å². The highest BCUT2D eigenvalue weighted by atomic mass is 35.5. The van der Waals surface area contributed by atoms with Gasteiger partial charge in [0.25, 0.3) is 0 Å². The zero-order chi connectivity index (χ0) is 14.5. The number of halogens is 1. The van der Waals surface area contributed by atoms with Crippen LogP contribution in [0.15, 0.2) is 24.3 Å². The van der Waals surface area contributed by atoms with Crippen molar-refractivity contribution >= 4 is 27.3 Å². The Bertz CT molecular complexity index is 543. The first-order valence-corrected chi connectivity index (χ1v) is 8.20. The molecule has 0 radical (unpaired) electrons. The summed E-state index contributed by atoms with van der Waals surface area (Å²) in [6, 6.07) is 7.11. The zero-order valence-corrected chi connectivity index (χ0v) is 12.6. The van der Waals surface area contributed by atoms with E-state index in [1.54, 1.807) is 25.1 Å². The normalized spacial score (nSPS) is 13.0. The van der Waals surface area contributed by atoms with Gasteiger partial charge in [0.2, 0.25) is 5.91 Å². The molecule has 1 aromatic rings. The number of rotatable bonds is 6. The molecule has 1 rings (SSSR count). The average molecular weight is 304 g/mol. The summed E-state index contributed by atoms with van der Waals surface area (Å²) in [5.41, 5.74) is 0.762. The minimum Gasteiger partial charge on any atom is -0.351 e. The van der Waals surface area contributed by atoms with E-state index in [4.69, 9.17) is 11.6 Å². The van der Waals surface area contributed by atoms with Gasteiger partial charge in [-0.15, -0.1) is 0 Å². The Hall–Kier alpha value is -1.07. The quantitative estimate of drug-likeness (QED) is 0.876. The topological polar surface area (TPSA) is 63.2 Å². The molecular formula is C13H18ClNO3S. The molecule has 1 N–H and O–H groups in total. The number of carbonyl (C=O) groups is 1. The molecule has 0 spiro atoms. The van der Waals surface area contributed by atoms with Crippen LogP contribution in [0.3, 0.4) is 0 Å². The molecule has 1 atom stereocenters. The summed E-state index contributed by atoms with van der Waals surface area (Å²) in [5, 5.41) is 2.12. The monoisotopic (exact) mass is 303 g/mol. The van der Waals surface area contributed by atoms with Crippen LogP contribution in [0.2, 0.25) is 5.02 Å². The number of benzene rings is 1. The van der Waals surface area contributed by atoms with Gasteiger partial charge in [0.1, 0.15) is 5.25 Å². The van der Waals surface area contributed by atoms with Gasteiger partial charge in [-0.3, -0.25) is 4.79 Å². The maximum atomic E-state index is 11.8. The molecule has 6 heteroatoms. The molecule has 0 aliphatic carbocycles. The fourth-order valence-corrected chi connectivity index (χ4v) is 3.13. The second kappa shape index (κ2) is 6.91. The fraction of sp³-hybridized carbons (Fsp3) is 0.462. The van der Waals surface area contributed by atoms with Crippen LogP contribution >= 0.6 is 11.6 Å². The van der Waals surface area contributed by atoms with Crippen LogP contribution in [0, 0.1) is 0 Å². The van der Waals surface area contributed by atoms with Crippen molar-refractivity contribution in [3.63, 3.8) is 0 Å². The summed E-state index contributed by atoms with van der Waals surface area (Å²) < 4.78 is 23.5. The fourth-order valence-electron chi connectivity index (χ4n) is 1.59. The van der Waals surface area contributed by atoms with E-state index in [-0.39, 0.29) is 12.3 Å². The largest absolute Gasteiger partial charge is 0.351 e. The van der Waals surface area contributed by atoms with Gasteiger partial charge in [-0.2, -0.15) is 0 Å². The Morgan fingerprint density at radius 3 is 2.58 bits per heavy atom. The summed E-state index contributed by atoms with van der Waals surface area (Å²) in [5.74, 6) is -0.471. The standard InChI is InChI=1S/C13H18ClNO3S/c1-3-8-19(17,18)10(2)13(16)15-9-11-6-4-5-7-12(11)14/h4-7,10H,3,8-9H2,1-2H3,(H,15,16)/t10-/m1/s1. The summed E-state index contributed by atoms with van der Waals surface area (Å²) in [7, 11) is -3.37. The lowest BCUT2D eigenvalue weighted by Crippen LogP contribution is -2.38. The first kappa shape index (κ1) is 16.0. The lowest BCUT2D eigenvalue weighted by atomic mass is 10.2. The molecule has 106 valence electrons. The highest BCUT2D eigenvalue weighted by Crippen LogP contribution is 2.14. The van der Waals surface area contributed by atoms with Gasteiger partial charge in [0.15, 0.2) is 9.84 Å². The van der Waals surface area contributed by atoms with E-state index < -0.39 is 21.0 Å². The van der Waals surface area contributed by atoms with Gasteiger partial charge in [-0.05, 0) is 25.0 Å². The first-order valence-electron chi connectivity index (χ1n) is 6.11. The third-order valence-electron chi connectivity index (χ3n) is 2.81. The maximum absolute atomic E-state index is 11.8. The SMILES string of the molecule is CCCS(=O)(=O)[C@H](C)C(=O)NCc1ccccc1Cl. The first-order chi connectivity index (χ1) is 8.88. The predicted octanol–water partition coefficient (Wildman–Crippen LogP) is 2.17. The van der Waals surface area contributed by atoms with E-state index in [2.05, 4.69) is 5.32 Å². The van der Waals surface area contributed by atoms with Crippen molar-refractivity contribution in [1.82, 2.24) is 5.32 Å². The van der Waals surface area contributed by atoms with Crippen molar-refractivity contribution in [2.45, 2.75) is 32.1 Å². The second-order valence-electron chi connectivity index (χ2n) is 4.32. The molecule has 0 fully saturated rings. The van der Waals surface area contributed by atoms with Gasteiger partial charge in [0.05, 0.1) is 5.75 Å². The molecule has 0 saturated heterocycles. The number of sulfone groups is 1. The molecule has 1 amide bonds. The van der Waals surface area contributed by atoms with Crippen LogP contribution in [0.1, 0.15) is 25.8 Å². The zero-order valence-electron chi connectivity index (χ0n) is 11.0. The van der Waals surface area contributed by atoms with E-state index in [0.717, 1.165) is 5.56 Å². The van der Waals surface area contributed by atoms with E-state index in [1.165, 1.54) is 6.92 Å². The molecule has 0 aliphatic rings. The summed E-state index contributed by atoms with van der Waals surface area (Å²) in [6.45, 7) is 3.41. The molecule has 0 saturated carbocycles. The third-order valence-corrected chi connectivity index (χ3v) is 5.44. The van der Waals surface area contributed by atoms with Crippen LogP contribution < -0.4 is 5.32 Å². The van der Waals surface area contributed by atoms with Crippen LogP contribution in [-0.4, -0.2) is 25.3 Å². The Morgan fingerprint density at radius 2 is 2.00 bits per heavy atom. The molecule has 0 aromatic heterocycles. The maximum Gasteiger partial charge on any atom is 0.238 e. The number of hydrogen-bond acceptors (Lipinski definition) is 3. The van der Waals surface area contributed by atoms with Crippen molar-refractivity contribution in [2.24, 2.45) is 0 Å². The third kappa shape index (κ3) is 4.51. The Balaban J connectivity index is 2.64. The summed E-state index contributed by atoms with van der Waals surface area (Å²) >= 11 is 5.96. The number of amides is 1. The van der Waals surface area contributed by atoms with Crippen LogP contribution in [0.4, 0.5) is 0 Å². The highest BCUT2D eigenvalue weighted by Gasteiger charge is 2.26. The number of hydrogen-bond donors (Lipinski definition) is 1. The molecule has 1 aromatic carbocycles. The number of carbonyl (C=O) groups excluding carboxylic acids is 1. The van der Waals surface area contributed by atoms with Crippen molar-refractivity contribution in [3.05, 3.63) is 34.9 Å².